The molecule has 4 rings (SSSR count). The van der Waals surface area contributed by atoms with Crippen molar-refractivity contribution in [3.63, 3.8) is 0 Å². The first kappa shape index (κ1) is 17.2. The van der Waals surface area contributed by atoms with Crippen molar-refractivity contribution in [1.29, 1.82) is 0 Å². The van der Waals surface area contributed by atoms with Crippen molar-refractivity contribution >= 4 is 34.5 Å². The fourth-order valence-corrected chi connectivity index (χ4v) is 3.24. The molecule has 0 saturated carbocycles. The summed E-state index contributed by atoms with van der Waals surface area (Å²) < 4.78 is 8.53. The van der Waals surface area contributed by atoms with Gasteiger partial charge in [-0.25, -0.2) is 4.68 Å². The van der Waals surface area contributed by atoms with Gasteiger partial charge in [-0.15, -0.1) is 15.3 Å². The second-order valence-corrected chi connectivity index (χ2v) is 6.80. The number of benzene rings is 1. The first-order chi connectivity index (χ1) is 13.1. The molecule has 0 saturated heterocycles. The van der Waals surface area contributed by atoms with E-state index in [-0.39, 0.29) is 11.7 Å². The third-order valence-corrected chi connectivity index (χ3v) is 4.88. The minimum absolute atomic E-state index is 0.185. The van der Waals surface area contributed by atoms with Gasteiger partial charge in [0.15, 0.2) is 16.8 Å². The van der Waals surface area contributed by atoms with Crippen LogP contribution in [0.4, 0.5) is 5.82 Å². The van der Waals surface area contributed by atoms with Crippen molar-refractivity contribution < 1.29 is 9.32 Å². The molecule has 0 fully saturated rings. The van der Waals surface area contributed by atoms with E-state index in [4.69, 9.17) is 4.52 Å². The van der Waals surface area contributed by atoms with E-state index >= 15 is 0 Å². The van der Waals surface area contributed by atoms with E-state index in [2.05, 4.69) is 31.0 Å². The number of para-hydroxylation sites is 1. The van der Waals surface area contributed by atoms with E-state index in [9.17, 15) is 4.79 Å². The number of carbonyl (C=O) groups is 1. The van der Waals surface area contributed by atoms with Gasteiger partial charge in [-0.3, -0.25) is 4.79 Å². The zero-order valence-corrected chi connectivity index (χ0v) is 15.5. The Morgan fingerprint density at radius 1 is 1.26 bits per heavy atom. The lowest BCUT2D eigenvalue weighted by atomic mass is 10.3. The summed E-state index contributed by atoms with van der Waals surface area (Å²) >= 11 is 1.29. The molecule has 0 bridgehead atoms. The number of fused-ring (bicyclic) bond motifs is 1. The summed E-state index contributed by atoms with van der Waals surface area (Å²) in [6, 6.07) is 9.38. The Bertz CT molecular complexity index is 1100. The van der Waals surface area contributed by atoms with Crippen LogP contribution in [-0.4, -0.2) is 46.6 Å². The van der Waals surface area contributed by atoms with Gasteiger partial charge in [-0.1, -0.05) is 34.3 Å². The van der Waals surface area contributed by atoms with Crippen LogP contribution >= 0.6 is 11.8 Å². The van der Waals surface area contributed by atoms with Gasteiger partial charge in [0, 0.05) is 13.1 Å². The van der Waals surface area contributed by atoms with E-state index in [1.54, 1.807) is 17.7 Å². The summed E-state index contributed by atoms with van der Waals surface area (Å²) in [5.74, 6) is 1.75. The lowest BCUT2D eigenvalue weighted by Gasteiger charge is -2.04. The van der Waals surface area contributed by atoms with Gasteiger partial charge in [0.1, 0.15) is 17.8 Å². The third-order valence-electron chi connectivity index (χ3n) is 3.86. The van der Waals surface area contributed by atoms with Gasteiger partial charge in [0.25, 0.3) is 0 Å². The molecule has 10 nitrogen and oxygen atoms in total. The largest absolute Gasteiger partial charge is 0.360 e. The van der Waals surface area contributed by atoms with Crippen LogP contribution in [0.3, 0.4) is 0 Å². The Balaban J connectivity index is 1.40. The average Bonchev–Trinajstić information content (AvgIpc) is 3.35. The molecule has 0 aliphatic rings. The zero-order valence-electron chi connectivity index (χ0n) is 14.7. The van der Waals surface area contributed by atoms with Crippen LogP contribution < -0.4 is 5.32 Å². The first-order valence-corrected chi connectivity index (χ1v) is 9.11. The Hall–Kier alpha value is -3.21. The minimum Gasteiger partial charge on any atom is -0.360 e. The summed E-state index contributed by atoms with van der Waals surface area (Å²) in [6.45, 7) is 2.20. The van der Waals surface area contributed by atoms with Gasteiger partial charge in [0.2, 0.25) is 5.91 Å². The predicted octanol–water partition coefficient (Wildman–Crippen LogP) is 1.64. The molecule has 0 atom stereocenters. The van der Waals surface area contributed by atoms with Gasteiger partial charge in [0.05, 0.1) is 11.3 Å². The van der Waals surface area contributed by atoms with Crippen LogP contribution in [-0.2, 0) is 18.4 Å². The van der Waals surface area contributed by atoms with Crippen molar-refractivity contribution in [1.82, 2.24) is 34.9 Å². The third kappa shape index (κ3) is 3.67. The van der Waals surface area contributed by atoms with Crippen molar-refractivity contribution in [3.05, 3.63) is 41.9 Å². The van der Waals surface area contributed by atoms with Crippen LogP contribution in [0.25, 0.3) is 11.0 Å². The number of rotatable bonds is 6. The maximum absolute atomic E-state index is 12.0. The van der Waals surface area contributed by atoms with E-state index in [0.29, 0.717) is 23.3 Å². The van der Waals surface area contributed by atoms with Crippen LogP contribution in [0.2, 0.25) is 0 Å². The van der Waals surface area contributed by atoms with Crippen LogP contribution in [0.15, 0.2) is 40.0 Å². The molecule has 1 aromatic carbocycles. The summed E-state index contributed by atoms with van der Waals surface area (Å²) in [6.07, 6.45) is 0. The van der Waals surface area contributed by atoms with Gasteiger partial charge < -0.3 is 14.4 Å². The molecule has 0 radical (unpaired) electrons. The van der Waals surface area contributed by atoms with E-state index < -0.39 is 0 Å². The molecule has 0 aliphatic heterocycles. The second-order valence-electron chi connectivity index (χ2n) is 5.85. The molecule has 3 heterocycles. The van der Waals surface area contributed by atoms with E-state index in [1.165, 1.54) is 11.8 Å². The standard InChI is InChI=1S/C16H16N8O2S/c1-10-7-13(21-26-10)17-15(25)9-27-16-20-19-14(23(16)2)8-24-12-6-4-3-5-11(12)18-22-24/h3-7H,8-9H2,1-2H3,(H,17,21,25). The fraction of sp³-hybridized carbons (Fsp3) is 0.250. The number of aromatic nitrogens is 7. The smallest absolute Gasteiger partial charge is 0.236 e. The Morgan fingerprint density at radius 2 is 2.11 bits per heavy atom. The number of nitrogens with one attached hydrogen (secondary N) is 1. The predicted molar refractivity (Wildman–Crippen MR) is 98.2 cm³/mol. The number of anilines is 1. The number of hydrogen-bond acceptors (Lipinski definition) is 8. The maximum atomic E-state index is 12.0. The molecule has 0 spiro atoms. The Kier molecular flexibility index (Phi) is 4.59. The molecule has 0 unspecified atom stereocenters. The van der Waals surface area contributed by atoms with Crippen molar-refractivity contribution in [2.24, 2.45) is 7.05 Å². The highest BCUT2D eigenvalue weighted by atomic mass is 32.2. The highest BCUT2D eigenvalue weighted by Crippen LogP contribution is 2.18. The lowest BCUT2D eigenvalue weighted by molar-refractivity contribution is -0.113. The number of nitrogens with zero attached hydrogens (tertiary/aromatic N) is 7. The molecule has 4 aromatic rings. The molecule has 1 N–H and O–H groups in total. The molecule has 3 aromatic heterocycles. The normalized spacial score (nSPS) is 11.2. The highest BCUT2D eigenvalue weighted by Gasteiger charge is 2.14. The van der Waals surface area contributed by atoms with Gasteiger partial charge in [-0.2, -0.15) is 0 Å². The van der Waals surface area contributed by atoms with Crippen LogP contribution in [0.5, 0.6) is 0 Å². The highest BCUT2D eigenvalue weighted by molar-refractivity contribution is 7.99. The quantitative estimate of drug-likeness (QED) is 0.499. The number of carbonyl (C=O) groups excluding carboxylic acids is 1. The average molecular weight is 384 g/mol. The monoisotopic (exact) mass is 384 g/mol. The Labute approximate surface area is 157 Å². The number of amides is 1. The fourth-order valence-electron chi connectivity index (χ4n) is 2.51. The molecule has 27 heavy (non-hydrogen) atoms. The maximum Gasteiger partial charge on any atom is 0.236 e. The molecule has 11 heteroatoms. The molecular formula is C16H16N8O2S. The minimum atomic E-state index is -0.194. The second kappa shape index (κ2) is 7.19. The van der Waals surface area contributed by atoms with Crippen molar-refractivity contribution in [3.8, 4) is 0 Å². The van der Waals surface area contributed by atoms with Crippen LogP contribution in [0, 0.1) is 6.92 Å². The summed E-state index contributed by atoms with van der Waals surface area (Å²) in [5.41, 5.74) is 1.76. The summed E-state index contributed by atoms with van der Waals surface area (Å²) in [5, 5.41) is 23.7. The van der Waals surface area contributed by atoms with Crippen LogP contribution in [0.1, 0.15) is 11.6 Å². The lowest BCUT2D eigenvalue weighted by Crippen LogP contribution is -2.14. The van der Waals surface area contributed by atoms with Gasteiger partial charge in [-0.05, 0) is 19.1 Å². The molecular weight excluding hydrogens is 368 g/mol. The van der Waals surface area contributed by atoms with Crippen molar-refractivity contribution in [2.75, 3.05) is 11.1 Å². The molecule has 0 aliphatic carbocycles. The number of thioether (sulfide) groups is 1. The van der Waals surface area contributed by atoms with Crippen molar-refractivity contribution in [2.45, 2.75) is 18.6 Å². The summed E-state index contributed by atoms with van der Waals surface area (Å²) in [7, 11) is 1.86. The van der Waals surface area contributed by atoms with Gasteiger partial charge >= 0.3 is 0 Å². The number of aryl methyl sites for hydroxylation is 1. The topological polar surface area (TPSA) is 117 Å². The van der Waals surface area contributed by atoms with E-state index in [1.807, 2.05) is 35.9 Å². The summed E-state index contributed by atoms with van der Waals surface area (Å²) in [4.78, 5) is 12.0. The molecule has 138 valence electrons. The SMILES string of the molecule is Cc1cc(NC(=O)CSc2nnc(Cn3nnc4ccccc43)n2C)no1. The molecule has 1 amide bonds. The first-order valence-electron chi connectivity index (χ1n) is 8.12. The number of hydrogen-bond donors (Lipinski definition) is 1. The van der Waals surface area contributed by atoms with E-state index in [0.717, 1.165) is 16.9 Å². The zero-order chi connectivity index (χ0) is 18.8. The Morgan fingerprint density at radius 3 is 2.93 bits per heavy atom.